The lowest BCUT2D eigenvalue weighted by molar-refractivity contribution is 0.0925. The first-order valence-electron chi connectivity index (χ1n) is 6.11. The normalized spacial score (nSPS) is 12.1. The highest BCUT2D eigenvalue weighted by atomic mass is 32.2. The van der Waals surface area contributed by atoms with Gasteiger partial charge in [-0.05, 0) is 32.4 Å². The van der Waals surface area contributed by atoms with Crippen molar-refractivity contribution in [2.45, 2.75) is 26.3 Å². The van der Waals surface area contributed by atoms with E-state index < -0.39 is 10.0 Å². The molecule has 1 N–H and O–H groups in total. The van der Waals surface area contributed by atoms with Gasteiger partial charge in [0.15, 0.2) is 5.76 Å². The van der Waals surface area contributed by atoms with E-state index in [1.807, 2.05) is 13.8 Å². The second kappa shape index (κ2) is 6.72. The quantitative estimate of drug-likeness (QED) is 0.761. The van der Waals surface area contributed by atoms with E-state index in [1.165, 1.54) is 16.8 Å². The monoisotopic (exact) mass is 288 g/mol. The lowest BCUT2D eigenvalue weighted by Crippen LogP contribution is -2.38. The minimum Gasteiger partial charge on any atom is -0.459 e. The maximum atomic E-state index is 11.5. The lowest BCUT2D eigenvalue weighted by Gasteiger charge is -2.23. The molecular weight excluding hydrogens is 268 g/mol. The van der Waals surface area contributed by atoms with E-state index in [4.69, 9.17) is 4.42 Å². The Hall–Kier alpha value is -1.34. The van der Waals surface area contributed by atoms with Crippen molar-refractivity contribution < 1.29 is 17.6 Å². The largest absolute Gasteiger partial charge is 0.459 e. The van der Waals surface area contributed by atoms with Crippen LogP contribution in [0.15, 0.2) is 22.8 Å². The van der Waals surface area contributed by atoms with Crippen LogP contribution in [0.4, 0.5) is 0 Å². The van der Waals surface area contributed by atoms with Crippen LogP contribution in [-0.4, -0.2) is 44.0 Å². The van der Waals surface area contributed by atoms with Crippen LogP contribution in [0.5, 0.6) is 0 Å². The van der Waals surface area contributed by atoms with Gasteiger partial charge in [-0.2, -0.15) is 4.31 Å². The number of rotatable bonds is 7. The molecule has 0 aromatic carbocycles. The van der Waals surface area contributed by atoms with Crippen molar-refractivity contribution >= 4 is 15.9 Å². The van der Waals surface area contributed by atoms with Gasteiger partial charge >= 0.3 is 0 Å². The number of furan rings is 1. The van der Waals surface area contributed by atoms with Gasteiger partial charge in [-0.15, -0.1) is 0 Å². The van der Waals surface area contributed by atoms with Crippen LogP contribution in [0, 0.1) is 0 Å². The Labute approximate surface area is 113 Å². The van der Waals surface area contributed by atoms with Gasteiger partial charge in [0.25, 0.3) is 5.91 Å². The summed E-state index contributed by atoms with van der Waals surface area (Å²) in [6, 6.07) is 3.13. The number of nitrogens with zero attached hydrogens (tertiary/aromatic N) is 1. The van der Waals surface area contributed by atoms with Crippen molar-refractivity contribution in [3.8, 4) is 0 Å². The van der Waals surface area contributed by atoms with Gasteiger partial charge in [-0.3, -0.25) is 4.79 Å². The molecule has 1 amide bonds. The minimum absolute atomic E-state index is 0.0872. The maximum Gasteiger partial charge on any atom is 0.286 e. The van der Waals surface area contributed by atoms with Gasteiger partial charge in [-0.1, -0.05) is 0 Å². The topological polar surface area (TPSA) is 79.6 Å². The van der Waals surface area contributed by atoms with Crippen LogP contribution in [0.25, 0.3) is 0 Å². The molecule has 0 saturated heterocycles. The van der Waals surface area contributed by atoms with Crippen molar-refractivity contribution in [3.63, 3.8) is 0 Å². The van der Waals surface area contributed by atoms with Crippen LogP contribution >= 0.6 is 0 Å². The fourth-order valence-electron chi connectivity index (χ4n) is 1.74. The first kappa shape index (κ1) is 15.7. The highest BCUT2D eigenvalue weighted by Crippen LogP contribution is 2.05. The van der Waals surface area contributed by atoms with Crippen LogP contribution in [0.2, 0.25) is 0 Å². The minimum atomic E-state index is -3.21. The number of hydrogen-bond donors (Lipinski definition) is 1. The highest BCUT2D eigenvalue weighted by Gasteiger charge is 2.19. The number of carbonyl (C=O) groups excluding carboxylic acids is 1. The Balaban J connectivity index is 2.36. The van der Waals surface area contributed by atoms with Gasteiger partial charge in [0.2, 0.25) is 10.0 Å². The molecule has 7 heteroatoms. The van der Waals surface area contributed by atoms with E-state index in [0.29, 0.717) is 19.5 Å². The van der Waals surface area contributed by atoms with Crippen LogP contribution < -0.4 is 5.32 Å². The third-order valence-electron chi connectivity index (χ3n) is 2.59. The Kier molecular flexibility index (Phi) is 5.56. The average molecular weight is 288 g/mol. The second-order valence-electron chi connectivity index (χ2n) is 4.55. The van der Waals surface area contributed by atoms with Gasteiger partial charge < -0.3 is 9.73 Å². The Morgan fingerprint density at radius 1 is 1.47 bits per heavy atom. The molecule has 0 radical (unpaired) electrons. The average Bonchev–Trinajstić information content (AvgIpc) is 2.79. The van der Waals surface area contributed by atoms with E-state index in [9.17, 15) is 13.2 Å². The number of nitrogens with one attached hydrogen (secondary N) is 1. The van der Waals surface area contributed by atoms with Crippen LogP contribution in [0.3, 0.4) is 0 Å². The number of hydrogen-bond acceptors (Lipinski definition) is 4. The van der Waals surface area contributed by atoms with Gasteiger partial charge in [0.05, 0.1) is 12.5 Å². The van der Waals surface area contributed by atoms with E-state index in [-0.39, 0.29) is 17.7 Å². The standard InChI is InChI=1S/C12H20N2O4S/c1-10(2)14(19(3,16)17)8-5-7-13-12(15)11-6-4-9-18-11/h4,6,9-10H,5,7-8H2,1-3H3,(H,13,15). The molecule has 19 heavy (non-hydrogen) atoms. The van der Waals surface area contributed by atoms with Gasteiger partial charge in [-0.25, -0.2) is 8.42 Å². The summed E-state index contributed by atoms with van der Waals surface area (Å²) in [5.74, 6) is -0.0377. The second-order valence-corrected chi connectivity index (χ2v) is 6.49. The molecule has 0 spiro atoms. The molecule has 0 aliphatic heterocycles. The van der Waals surface area contributed by atoms with Crippen LogP contribution in [-0.2, 0) is 10.0 Å². The summed E-state index contributed by atoms with van der Waals surface area (Å²) in [4.78, 5) is 11.5. The molecule has 1 heterocycles. The van der Waals surface area contributed by atoms with Crippen molar-refractivity contribution in [1.82, 2.24) is 9.62 Å². The third-order valence-corrected chi connectivity index (χ3v) is 4.04. The van der Waals surface area contributed by atoms with Crippen molar-refractivity contribution in [3.05, 3.63) is 24.2 Å². The Morgan fingerprint density at radius 3 is 2.63 bits per heavy atom. The Morgan fingerprint density at radius 2 is 2.16 bits per heavy atom. The zero-order chi connectivity index (χ0) is 14.5. The molecule has 1 aromatic rings. The SMILES string of the molecule is CC(C)N(CCCNC(=O)c1ccco1)S(C)(=O)=O. The summed E-state index contributed by atoms with van der Waals surface area (Å²) >= 11 is 0. The number of amides is 1. The summed E-state index contributed by atoms with van der Waals surface area (Å²) in [5, 5.41) is 2.68. The van der Waals surface area contributed by atoms with Crippen LogP contribution in [0.1, 0.15) is 30.8 Å². The molecule has 0 aliphatic carbocycles. The summed E-state index contributed by atoms with van der Waals surface area (Å²) in [6.07, 6.45) is 3.17. The zero-order valence-corrected chi connectivity index (χ0v) is 12.2. The van der Waals surface area contributed by atoms with E-state index in [2.05, 4.69) is 5.32 Å². The molecule has 1 aromatic heterocycles. The smallest absolute Gasteiger partial charge is 0.286 e. The van der Waals surface area contributed by atoms with Gasteiger partial charge in [0.1, 0.15) is 0 Å². The molecule has 0 fully saturated rings. The third kappa shape index (κ3) is 5.04. The first-order chi connectivity index (χ1) is 8.82. The molecule has 0 saturated carbocycles. The van der Waals surface area contributed by atoms with E-state index >= 15 is 0 Å². The lowest BCUT2D eigenvalue weighted by atomic mass is 10.3. The first-order valence-corrected chi connectivity index (χ1v) is 7.95. The number of carbonyl (C=O) groups is 1. The van der Waals surface area contributed by atoms with E-state index in [1.54, 1.807) is 12.1 Å². The molecule has 0 atom stereocenters. The molecule has 0 unspecified atom stereocenters. The highest BCUT2D eigenvalue weighted by molar-refractivity contribution is 7.88. The summed E-state index contributed by atoms with van der Waals surface area (Å²) < 4.78 is 29.4. The summed E-state index contributed by atoms with van der Waals surface area (Å²) in [7, 11) is -3.21. The van der Waals surface area contributed by atoms with E-state index in [0.717, 1.165) is 0 Å². The maximum absolute atomic E-state index is 11.5. The molecule has 0 bridgehead atoms. The van der Waals surface area contributed by atoms with Gasteiger partial charge in [0, 0.05) is 19.1 Å². The predicted octanol–water partition coefficient (Wildman–Crippen LogP) is 1.07. The fourth-order valence-corrected chi connectivity index (χ4v) is 2.97. The zero-order valence-electron chi connectivity index (χ0n) is 11.4. The molecular formula is C12H20N2O4S. The number of sulfonamides is 1. The van der Waals surface area contributed by atoms with Crippen molar-refractivity contribution in [2.24, 2.45) is 0 Å². The molecule has 6 nitrogen and oxygen atoms in total. The summed E-state index contributed by atoms with van der Waals surface area (Å²) in [5.41, 5.74) is 0. The molecule has 108 valence electrons. The van der Waals surface area contributed by atoms with Crippen molar-refractivity contribution in [2.75, 3.05) is 19.3 Å². The fraction of sp³-hybridized carbons (Fsp3) is 0.583. The Bertz CT molecular complexity index is 494. The predicted molar refractivity (Wildman–Crippen MR) is 72.3 cm³/mol. The molecule has 0 aliphatic rings. The van der Waals surface area contributed by atoms with Crippen molar-refractivity contribution in [1.29, 1.82) is 0 Å². The molecule has 1 rings (SSSR count). The summed E-state index contributed by atoms with van der Waals surface area (Å²) in [6.45, 7) is 4.43.